The van der Waals surface area contributed by atoms with Crippen LogP contribution >= 0.6 is 11.6 Å². The topological polar surface area (TPSA) is 103 Å². The number of rotatable bonds is 3. The molecule has 0 saturated carbocycles. The summed E-state index contributed by atoms with van der Waals surface area (Å²) in [6.07, 6.45) is 4.42. The Bertz CT molecular complexity index is 1050. The van der Waals surface area contributed by atoms with Gasteiger partial charge < -0.3 is 5.32 Å². The van der Waals surface area contributed by atoms with E-state index in [1.165, 1.54) is 12.4 Å². The molecule has 27 heavy (non-hydrogen) atoms. The molecule has 1 aliphatic heterocycles. The quantitative estimate of drug-likeness (QED) is 0.695. The number of fused-ring (bicyclic) bond motifs is 1. The largest absolute Gasteiger partial charge is 0.341 e. The number of hydrogen-bond acceptors (Lipinski definition) is 6. The molecule has 0 fully saturated rings. The van der Waals surface area contributed by atoms with Crippen LogP contribution in [0.5, 0.6) is 0 Å². The Morgan fingerprint density at radius 2 is 2.11 bits per heavy atom. The number of nitrogens with one attached hydrogen (secondary N) is 1. The van der Waals surface area contributed by atoms with Gasteiger partial charge in [-0.2, -0.15) is 0 Å². The second-order valence-electron chi connectivity index (χ2n) is 6.10. The van der Waals surface area contributed by atoms with Crippen LogP contribution in [0.4, 0.5) is 0 Å². The molecular weight excluding hydrogens is 368 g/mol. The molecule has 0 bridgehead atoms. The van der Waals surface area contributed by atoms with Crippen molar-refractivity contribution in [3.05, 3.63) is 69.9 Å². The Labute approximate surface area is 159 Å². The SMILES string of the molecule is O=C(NC1CCCn2c1nc(-c1ccncn1)cc2=O)c1cccc(Cl)n1. The van der Waals surface area contributed by atoms with E-state index in [0.29, 0.717) is 30.2 Å². The van der Waals surface area contributed by atoms with Gasteiger partial charge in [-0.15, -0.1) is 0 Å². The normalized spacial score (nSPS) is 15.8. The lowest BCUT2D eigenvalue weighted by Crippen LogP contribution is -2.38. The summed E-state index contributed by atoms with van der Waals surface area (Å²) in [4.78, 5) is 41.7. The molecule has 1 unspecified atom stereocenters. The van der Waals surface area contributed by atoms with Crippen molar-refractivity contribution < 1.29 is 4.79 Å². The van der Waals surface area contributed by atoms with Crippen LogP contribution in [-0.4, -0.2) is 30.4 Å². The molecule has 0 saturated heterocycles. The summed E-state index contributed by atoms with van der Waals surface area (Å²) in [6, 6.07) is 7.58. The van der Waals surface area contributed by atoms with Crippen molar-refractivity contribution in [2.45, 2.75) is 25.4 Å². The minimum Gasteiger partial charge on any atom is -0.341 e. The van der Waals surface area contributed by atoms with Crippen LogP contribution in [0.1, 0.15) is 35.2 Å². The van der Waals surface area contributed by atoms with E-state index in [0.717, 1.165) is 6.42 Å². The Morgan fingerprint density at radius 1 is 1.22 bits per heavy atom. The predicted molar refractivity (Wildman–Crippen MR) is 98.2 cm³/mol. The molecule has 0 spiro atoms. The summed E-state index contributed by atoms with van der Waals surface area (Å²) < 4.78 is 1.59. The fourth-order valence-electron chi connectivity index (χ4n) is 3.07. The number of nitrogens with zero attached hydrogens (tertiary/aromatic N) is 5. The molecular formula is C18H15ClN6O2. The molecule has 0 aliphatic carbocycles. The first-order chi connectivity index (χ1) is 13.1. The monoisotopic (exact) mass is 382 g/mol. The summed E-state index contributed by atoms with van der Waals surface area (Å²) in [5.41, 5.74) is 1.05. The minimum atomic E-state index is -0.401. The lowest BCUT2D eigenvalue weighted by molar-refractivity contribution is 0.0922. The Balaban J connectivity index is 1.69. The second-order valence-corrected chi connectivity index (χ2v) is 6.49. The molecule has 0 radical (unpaired) electrons. The smallest absolute Gasteiger partial charge is 0.270 e. The van der Waals surface area contributed by atoms with Gasteiger partial charge in [-0.1, -0.05) is 17.7 Å². The van der Waals surface area contributed by atoms with Crippen molar-refractivity contribution in [3.8, 4) is 11.4 Å². The molecule has 8 nitrogen and oxygen atoms in total. The van der Waals surface area contributed by atoms with E-state index in [4.69, 9.17) is 11.6 Å². The van der Waals surface area contributed by atoms with Crippen LogP contribution in [0.2, 0.25) is 5.15 Å². The van der Waals surface area contributed by atoms with Crippen molar-refractivity contribution >= 4 is 17.5 Å². The number of carbonyl (C=O) groups is 1. The van der Waals surface area contributed by atoms with Gasteiger partial charge in [-0.25, -0.2) is 19.9 Å². The first-order valence-electron chi connectivity index (χ1n) is 8.43. The number of hydrogen-bond donors (Lipinski definition) is 1. The Kier molecular flexibility index (Phi) is 4.64. The maximum absolute atomic E-state index is 12.5. The lowest BCUT2D eigenvalue weighted by atomic mass is 10.1. The molecule has 1 aliphatic rings. The van der Waals surface area contributed by atoms with E-state index in [1.54, 1.807) is 35.0 Å². The number of halogens is 1. The van der Waals surface area contributed by atoms with Crippen LogP contribution < -0.4 is 10.9 Å². The molecule has 1 atom stereocenters. The summed E-state index contributed by atoms with van der Waals surface area (Å²) in [5.74, 6) is 0.148. The van der Waals surface area contributed by atoms with Crippen LogP contribution in [0.3, 0.4) is 0 Å². The third-order valence-electron chi connectivity index (χ3n) is 4.32. The van der Waals surface area contributed by atoms with Crippen molar-refractivity contribution in [3.63, 3.8) is 0 Å². The summed E-state index contributed by atoms with van der Waals surface area (Å²) in [5, 5.41) is 3.15. The second kappa shape index (κ2) is 7.24. The molecule has 3 aromatic rings. The van der Waals surface area contributed by atoms with Gasteiger partial charge in [0.1, 0.15) is 23.0 Å². The number of amides is 1. The van der Waals surface area contributed by atoms with Gasteiger partial charge in [0.2, 0.25) is 0 Å². The number of aromatic nitrogens is 5. The highest BCUT2D eigenvalue weighted by Crippen LogP contribution is 2.24. The summed E-state index contributed by atoms with van der Waals surface area (Å²) >= 11 is 5.86. The van der Waals surface area contributed by atoms with Crippen LogP contribution in [0, 0.1) is 0 Å². The van der Waals surface area contributed by atoms with E-state index in [2.05, 4.69) is 25.3 Å². The molecule has 1 amide bonds. The molecule has 1 N–H and O–H groups in total. The van der Waals surface area contributed by atoms with Crippen molar-refractivity contribution in [1.82, 2.24) is 29.8 Å². The number of pyridine rings is 1. The van der Waals surface area contributed by atoms with E-state index >= 15 is 0 Å². The first kappa shape index (κ1) is 17.3. The maximum atomic E-state index is 12.5. The lowest BCUT2D eigenvalue weighted by Gasteiger charge is -2.26. The van der Waals surface area contributed by atoms with Crippen molar-refractivity contribution in [1.29, 1.82) is 0 Å². The Morgan fingerprint density at radius 3 is 2.89 bits per heavy atom. The average Bonchev–Trinajstić information content (AvgIpc) is 2.69. The molecule has 136 valence electrons. The third-order valence-corrected chi connectivity index (χ3v) is 4.53. The molecule has 4 rings (SSSR count). The fourth-order valence-corrected chi connectivity index (χ4v) is 3.24. The van der Waals surface area contributed by atoms with E-state index in [1.807, 2.05) is 0 Å². The van der Waals surface area contributed by atoms with E-state index < -0.39 is 6.04 Å². The average molecular weight is 383 g/mol. The van der Waals surface area contributed by atoms with Crippen molar-refractivity contribution in [2.24, 2.45) is 0 Å². The maximum Gasteiger partial charge on any atom is 0.270 e. The van der Waals surface area contributed by atoms with Crippen LogP contribution in [0.25, 0.3) is 11.4 Å². The molecule has 4 heterocycles. The standard InChI is InChI=1S/C18H15ClN6O2/c19-15-5-1-3-13(22-15)18(27)24-12-4-2-8-25-16(26)9-14(23-17(12)25)11-6-7-20-10-21-11/h1,3,5-7,9-10,12H,2,4,8H2,(H,24,27). The first-order valence-corrected chi connectivity index (χ1v) is 8.81. The van der Waals surface area contributed by atoms with Gasteiger partial charge in [-0.05, 0) is 31.0 Å². The molecule has 3 aromatic heterocycles. The van der Waals surface area contributed by atoms with Gasteiger partial charge in [0.15, 0.2) is 0 Å². The minimum absolute atomic E-state index is 0.173. The van der Waals surface area contributed by atoms with Gasteiger partial charge in [0, 0.05) is 18.8 Å². The zero-order valence-electron chi connectivity index (χ0n) is 14.2. The third kappa shape index (κ3) is 3.56. The van der Waals surface area contributed by atoms with Gasteiger partial charge in [-0.3, -0.25) is 14.2 Å². The zero-order chi connectivity index (χ0) is 18.8. The van der Waals surface area contributed by atoms with Gasteiger partial charge in [0.25, 0.3) is 11.5 Å². The van der Waals surface area contributed by atoms with Crippen LogP contribution in [-0.2, 0) is 6.54 Å². The Hall–Kier alpha value is -3.13. The van der Waals surface area contributed by atoms with Gasteiger partial charge >= 0.3 is 0 Å². The number of carbonyl (C=O) groups excluding carboxylic acids is 1. The summed E-state index contributed by atoms with van der Waals surface area (Å²) in [7, 11) is 0. The van der Waals surface area contributed by atoms with Crippen LogP contribution in [0.15, 0.2) is 47.7 Å². The molecule has 9 heteroatoms. The highest BCUT2D eigenvalue weighted by Gasteiger charge is 2.26. The van der Waals surface area contributed by atoms with Gasteiger partial charge in [0.05, 0.1) is 17.4 Å². The molecule has 0 aromatic carbocycles. The highest BCUT2D eigenvalue weighted by atomic mass is 35.5. The van der Waals surface area contributed by atoms with E-state index in [9.17, 15) is 9.59 Å². The van der Waals surface area contributed by atoms with E-state index in [-0.39, 0.29) is 22.3 Å². The highest BCUT2D eigenvalue weighted by molar-refractivity contribution is 6.29. The summed E-state index contributed by atoms with van der Waals surface area (Å²) in [6.45, 7) is 0.563. The predicted octanol–water partition coefficient (Wildman–Crippen LogP) is 2.01. The fraction of sp³-hybridized carbons (Fsp3) is 0.222. The van der Waals surface area contributed by atoms with Crippen molar-refractivity contribution in [2.75, 3.05) is 0 Å². The zero-order valence-corrected chi connectivity index (χ0v) is 14.9.